The van der Waals surface area contributed by atoms with Crippen LogP contribution in [0.2, 0.25) is 0 Å². The van der Waals surface area contributed by atoms with Crippen molar-refractivity contribution in [1.82, 2.24) is 15.5 Å². The van der Waals surface area contributed by atoms with Crippen molar-refractivity contribution in [2.45, 2.75) is 13.0 Å². The molecular formula is C20H25N3O7. The van der Waals surface area contributed by atoms with Gasteiger partial charge in [-0.15, -0.1) is 0 Å². The Labute approximate surface area is 173 Å². The molecule has 3 amide bonds. The van der Waals surface area contributed by atoms with Gasteiger partial charge in [0.25, 0.3) is 0 Å². The van der Waals surface area contributed by atoms with E-state index in [1.54, 1.807) is 7.11 Å². The SMILES string of the molecule is COc1cccc(CNC(=O)N2CC3CNCC(C3)C2=O)c1.O=C(O)/C=C/C(=O)O. The van der Waals surface area contributed by atoms with Crippen LogP contribution in [-0.2, 0) is 20.9 Å². The van der Waals surface area contributed by atoms with Gasteiger partial charge in [-0.1, -0.05) is 12.1 Å². The van der Waals surface area contributed by atoms with Crippen LogP contribution >= 0.6 is 0 Å². The summed E-state index contributed by atoms with van der Waals surface area (Å²) < 4.78 is 5.16. The van der Waals surface area contributed by atoms with Gasteiger partial charge in [0.15, 0.2) is 0 Å². The third-order valence-corrected chi connectivity index (χ3v) is 4.69. The van der Waals surface area contributed by atoms with Crippen LogP contribution in [0.3, 0.4) is 0 Å². The molecule has 0 aliphatic carbocycles. The summed E-state index contributed by atoms with van der Waals surface area (Å²) in [7, 11) is 1.61. The number of methoxy groups -OCH3 is 1. The van der Waals surface area contributed by atoms with Gasteiger partial charge in [-0.25, -0.2) is 14.4 Å². The molecular weight excluding hydrogens is 394 g/mol. The normalized spacial score (nSPS) is 20.2. The second kappa shape index (κ2) is 11.0. The number of carbonyl (C=O) groups excluding carboxylic acids is 2. The Balaban J connectivity index is 0.000000343. The van der Waals surface area contributed by atoms with Crippen molar-refractivity contribution >= 4 is 23.9 Å². The van der Waals surface area contributed by atoms with Gasteiger partial charge >= 0.3 is 18.0 Å². The lowest BCUT2D eigenvalue weighted by Gasteiger charge is -2.39. The van der Waals surface area contributed by atoms with E-state index < -0.39 is 11.9 Å². The van der Waals surface area contributed by atoms with Crippen molar-refractivity contribution in [2.24, 2.45) is 11.8 Å². The zero-order valence-corrected chi connectivity index (χ0v) is 16.5. The molecule has 1 aromatic rings. The van der Waals surface area contributed by atoms with Crippen LogP contribution in [0.5, 0.6) is 5.75 Å². The number of amides is 3. The van der Waals surface area contributed by atoms with Crippen LogP contribution < -0.4 is 15.4 Å². The summed E-state index contributed by atoms with van der Waals surface area (Å²) in [4.78, 5) is 45.1. The number of hydrogen-bond donors (Lipinski definition) is 4. The highest BCUT2D eigenvalue weighted by Gasteiger charge is 2.39. The Morgan fingerprint density at radius 2 is 1.93 bits per heavy atom. The van der Waals surface area contributed by atoms with Crippen molar-refractivity contribution < 1.29 is 34.1 Å². The number of carboxylic acids is 2. The maximum atomic E-state index is 12.3. The van der Waals surface area contributed by atoms with Crippen molar-refractivity contribution in [2.75, 3.05) is 26.7 Å². The maximum absolute atomic E-state index is 12.3. The van der Waals surface area contributed by atoms with E-state index in [1.807, 2.05) is 24.3 Å². The molecule has 1 aromatic carbocycles. The molecule has 2 aliphatic rings. The molecule has 10 heteroatoms. The van der Waals surface area contributed by atoms with Crippen LogP contribution in [0.15, 0.2) is 36.4 Å². The predicted molar refractivity (Wildman–Crippen MR) is 106 cm³/mol. The van der Waals surface area contributed by atoms with E-state index >= 15 is 0 Å². The van der Waals surface area contributed by atoms with Crippen molar-refractivity contribution in [1.29, 1.82) is 0 Å². The van der Waals surface area contributed by atoms with Gasteiger partial charge in [0.1, 0.15) is 5.75 Å². The first-order valence-electron chi connectivity index (χ1n) is 9.37. The largest absolute Gasteiger partial charge is 0.497 e. The lowest BCUT2D eigenvalue weighted by molar-refractivity contribution is -0.137. The zero-order chi connectivity index (χ0) is 22.1. The van der Waals surface area contributed by atoms with E-state index in [2.05, 4.69) is 10.6 Å². The summed E-state index contributed by atoms with van der Waals surface area (Å²) in [5.41, 5.74) is 0.944. The first kappa shape index (κ1) is 22.9. The van der Waals surface area contributed by atoms with Crippen LogP contribution in [0.25, 0.3) is 0 Å². The number of ether oxygens (including phenoxy) is 1. The minimum atomic E-state index is -1.26. The second-order valence-electron chi connectivity index (χ2n) is 6.93. The average molecular weight is 419 g/mol. The number of benzene rings is 1. The number of piperidine rings is 2. The van der Waals surface area contributed by atoms with Gasteiger partial charge in [0, 0.05) is 31.8 Å². The first-order chi connectivity index (χ1) is 14.3. The van der Waals surface area contributed by atoms with Gasteiger partial charge in [-0.2, -0.15) is 0 Å². The Bertz CT molecular complexity index is 808. The highest BCUT2D eigenvalue weighted by molar-refractivity contribution is 5.96. The number of likely N-dealkylation sites (tertiary alicyclic amines) is 1. The third kappa shape index (κ3) is 6.89. The number of nitrogens with one attached hydrogen (secondary N) is 2. The summed E-state index contributed by atoms with van der Waals surface area (Å²) in [6.07, 6.45) is 2.01. The smallest absolute Gasteiger partial charge is 0.328 e. The van der Waals surface area contributed by atoms with Crippen LogP contribution in [0, 0.1) is 11.8 Å². The number of rotatable bonds is 5. The molecule has 10 nitrogen and oxygen atoms in total. The van der Waals surface area contributed by atoms with Crippen molar-refractivity contribution in [3.05, 3.63) is 42.0 Å². The molecule has 0 saturated carbocycles. The van der Waals surface area contributed by atoms with Gasteiger partial charge in [-0.3, -0.25) is 9.69 Å². The number of aliphatic carboxylic acids is 2. The Morgan fingerprint density at radius 1 is 1.23 bits per heavy atom. The summed E-state index contributed by atoms with van der Waals surface area (Å²) in [6.45, 7) is 2.44. The number of fused-ring (bicyclic) bond motifs is 2. The molecule has 2 fully saturated rings. The standard InChI is InChI=1S/C16H21N3O3.C4H4O4/c1-22-14-4-2-3-11(6-14)8-18-16(21)19-10-12-5-13(15(19)20)9-17-7-12;5-3(6)1-2-4(7)8/h2-4,6,12-13,17H,5,7-10H2,1H3,(H,18,21);1-2H,(H,5,6)(H,7,8)/b;2-1+. The van der Waals surface area contributed by atoms with Gasteiger partial charge < -0.3 is 25.6 Å². The monoisotopic (exact) mass is 419 g/mol. The number of carboxylic acid groups (broad SMARTS) is 2. The zero-order valence-electron chi connectivity index (χ0n) is 16.5. The quantitative estimate of drug-likeness (QED) is 0.510. The number of hydrogen-bond acceptors (Lipinski definition) is 6. The van der Waals surface area contributed by atoms with Crippen LogP contribution in [0.4, 0.5) is 4.79 Å². The van der Waals surface area contributed by atoms with Crippen LogP contribution in [-0.4, -0.2) is 65.7 Å². The summed E-state index contributed by atoms with van der Waals surface area (Å²) >= 11 is 0. The summed E-state index contributed by atoms with van der Waals surface area (Å²) in [5, 5.41) is 21.7. The highest BCUT2D eigenvalue weighted by atomic mass is 16.5. The molecule has 2 heterocycles. The van der Waals surface area contributed by atoms with E-state index in [0.29, 0.717) is 37.7 Å². The Kier molecular flexibility index (Phi) is 8.36. The fourth-order valence-electron chi connectivity index (χ4n) is 3.31. The van der Waals surface area contributed by atoms with E-state index in [0.717, 1.165) is 24.3 Å². The van der Waals surface area contributed by atoms with E-state index in [1.165, 1.54) is 4.90 Å². The first-order valence-corrected chi connectivity index (χ1v) is 9.37. The summed E-state index contributed by atoms with van der Waals surface area (Å²) in [5.74, 6) is -1.51. The second-order valence-corrected chi connectivity index (χ2v) is 6.93. The molecule has 0 spiro atoms. The molecule has 0 radical (unpaired) electrons. The van der Waals surface area contributed by atoms with E-state index in [-0.39, 0.29) is 17.9 Å². The molecule has 2 bridgehead atoms. The lowest BCUT2D eigenvalue weighted by Crippen LogP contribution is -2.58. The minimum absolute atomic E-state index is 0.0601. The fourth-order valence-corrected chi connectivity index (χ4v) is 3.31. The number of imide groups is 1. The molecule has 2 atom stereocenters. The fraction of sp³-hybridized carbons (Fsp3) is 0.400. The van der Waals surface area contributed by atoms with Crippen LogP contribution in [0.1, 0.15) is 12.0 Å². The number of nitrogens with zero attached hydrogens (tertiary/aromatic N) is 1. The van der Waals surface area contributed by atoms with Gasteiger partial charge in [-0.05, 0) is 36.6 Å². The number of urea groups is 1. The maximum Gasteiger partial charge on any atom is 0.328 e. The van der Waals surface area contributed by atoms with E-state index in [4.69, 9.17) is 14.9 Å². The van der Waals surface area contributed by atoms with E-state index in [9.17, 15) is 19.2 Å². The summed E-state index contributed by atoms with van der Waals surface area (Å²) in [6, 6.07) is 7.22. The molecule has 2 aliphatic heterocycles. The topological polar surface area (TPSA) is 145 Å². The molecule has 3 rings (SSSR count). The Hall–Kier alpha value is -3.40. The molecule has 30 heavy (non-hydrogen) atoms. The molecule has 162 valence electrons. The Morgan fingerprint density at radius 3 is 2.57 bits per heavy atom. The van der Waals surface area contributed by atoms with Gasteiger partial charge in [0.05, 0.1) is 13.0 Å². The van der Waals surface area contributed by atoms with Crippen molar-refractivity contribution in [3.8, 4) is 5.75 Å². The average Bonchev–Trinajstić information content (AvgIpc) is 2.74. The molecule has 2 saturated heterocycles. The minimum Gasteiger partial charge on any atom is -0.497 e. The molecule has 2 unspecified atom stereocenters. The van der Waals surface area contributed by atoms with Crippen molar-refractivity contribution in [3.63, 3.8) is 0 Å². The van der Waals surface area contributed by atoms with Gasteiger partial charge in [0.2, 0.25) is 5.91 Å². The predicted octanol–water partition coefficient (Wildman–Crippen LogP) is 0.685. The lowest BCUT2D eigenvalue weighted by atomic mass is 9.85. The highest BCUT2D eigenvalue weighted by Crippen LogP contribution is 2.25. The molecule has 0 aromatic heterocycles. The number of carbonyl (C=O) groups is 4. The molecule has 4 N–H and O–H groups in total. The third-order valence-electron chi connectivity index (χ3n) is 4.69.